The molecule has 1 unspecified atom stereocenters. The second kappa shape index (κ2) is 5.28. The predicted octanol–water partition coefficient (Wildman–Crippen LogP) is 1.19. The van der Waals surface area contributed by atoms with Crippen molar-refractivity contribution < 1.29 is 4.74 Å². The van der Waals surface area contributed by atoms with Crippen LogP contribution in [-0.4, -0.2) is 61.3 Å². The lowest BCUT2D eigenvalue weighted by Crippen LogP contribution is -2.46. The molecule has 0 radical (unpaired) electrons. The maximum atomic E-state index is 5.38. The van der Waals surface area contributed by atoms with E-state index in [9.17, 15) is 0 Å². The Bertz CT molecular complexity index is 190. The maximum absolute atomic E-state index is 5.38. The summed E-state index contributed by atoms with van der Waals surface area (Å²) in [6, 6.07) is 1.50. The van der Waals surface area contributed by atoms with Crippen molar-refractivity contribution in [3.8, 4) is 0 Å². The molecule has 88 valence electrons. The van der Waals surface area contributed by atoms with Gasteiger partial charge in [-0.2, -0.15) is 0 Å². The molecule has 0 aromatic heterocycles. The Kier molecular flexibility index (Phi) is 4.00. The van der Waals surface area contributed by atoms with E-state index in [-0.39, 0.29) is 0 Å². The molecule has 0 bridgehead atoms. The molecule has 0 saturated carbocycles. The van der Waals surface area contributed by atoms with Crippen molar-refractivity contribution in [1.82, 2.24) is 9.80 Å². The Morgan fingerprint density at radius 3 is 2.60 bits per heavy atom. The quantitative estimate of drug-likeness (QED) is 0.699. The molecular weight excluding hydrogens is 188 g/mol. The lowest BCUT2D eigenvalue weighted by Gasteiger charge is -2.34. The van der Waals surface area contributed by atoms with Gasteiger partial charge in [0.2, 0.25) is 0 Å². The number of nitrogens with zero attached hydrogens (tertiary/aromatic N) is 2. The van der Waals surface area contributed by atoms with Gasteiger partial charge in [0.25, 0.3) is 0 Å². The molecule has 2 saturated heterocycles. The lowest BCUT2D eigenvalue weighted by molar-refractivity contribution is 0.0243. The third-order valence-corrected chi connectivity index (χ3v) is 3.66. The molecule has 15 heavy (non-hydrogen) atoms. The normalized spacial score (nSPS) is 30.2. The molecule has 2 rings (SSSR count). The molecule has 0 aromatic rings. The first kappa shape index (κ1) is 11.4. The largest absolute Gasteiger partial charge is 0.379 e. The molecule has 2 fully saturated rings. The van der Waals surface area contributed by atoms with E-state index < -0.39 is 0 Å². The summed E-state index contributed by atoms with van der Waals surface area (Å²) in [4.78, 5) is 5.23. The van der Waals surface area contributed by atoms with Crippen molar-refractivity contribution in [2.75, 3.05) is 39.4 Å². The number of morpholine rings is 1. The van der Waals surface area contributed by atoms with Gasteiger partial charge < -0.3 is 4.74 Å². The van der Waals surface area contributed by atoms with Crippen molar-refractivity contribution in [2.45, 2.75) is 38.8 Å². The monoisotopic (exact) mass is 212 g/mol. The fourth-order valence-corrected chi connectivity index (χ4v) is 2.82. The van der Waals surface area contributed by atoms with Gasteiger partial charge in [-0.1, -0.05) is 0 Å². The molecule has 2 aliphatic heterocycles. The number of hydrogen-bond acceptors (Lipinski definition) is 3. The molecule has 2 heterocycles. The SMILES string of the molecule is CC(C)N1CCCC1CN1CCOCC1. The van der Waals surface area contributed by atoms with Gasteiger partial charge in [0, 0.05) is 31.7 Å². The van der Waals surface area contributed by atoms with Crippen LogP contribution in [0.1, 0.15) is 26.7 Å². The molecule has 0 N–H and O–H groups in total. The molecule has 0 aliphatic carbocycles. The van der Waals surface area contributed by atoms with E-state index >= 15 is 0 Å². The van der Waals surface area contributed by atoms with E-state index in [1.54, 1.807) is 0 Å². The van der Waals surface area contributed by atoms with E-state index in [0.29, 0.717) is 6.04 Å². The van der Waals surface area contributed by atoms with Gasteiger partial charge in [0.05, 0.1) is 13.2 Å². The molecule has 1 atom stereocenters. The fraction of sp³-hybridized carbons (Fsp3) is 1.00. The summed E-state index contributed by atoms with van der Waals surface area (Å²) >= 11 is 0. The first-order chi connectivity index (χ1) is 7.27. The average Bonchev–Trinajstić information content (AvgIpc) is 2.67. The Morgan fingerprint density at radius 1 is 1.20 bits per heavy atom. The summed E-state index contributed by atoms with van der Waals surface area (Å²) in [6.45, 7) is 11.3. The second-order valence-electron chi connectivity index (χ2n) is 5.04. The average molecular weight is 212 g/mol. The van der Waals surface area contributed by atoms with Crippen molar-refractivity contribution in [1.29, 1.82) is 0 Å². The van der Waals surface area contributed by atoms with Gasteiger partial charge >= 0.3 is 0 Å². The Labute approximate surface area is 93.4 Å². The first-order valence-electron chi connectivity index (χ1n) is 6.33. The zero-order valence-corrected chi connectivity index (χ0v) is 10.1. The Morgan fingerprint density at radius 2 is 1.93 bits per heavy atom. The smallest absolute Gasteiger partial charge is 0.0594 e. The summed E-state index contributed by atoms with van der Waals surface area (Å²) in [6.07, 6.45) is 2.77. The number of hydrogen-bond donors (Lipinski definition) is 0. The number of likely N-dealkylation sites (tertiary alicyclic amines) is 1. The summed E-state index contributed by atoms with van der Waals surface area (Å²) in [7, 11) is 0. The van der Waals surface area contributed by atoms with Gasteiger partial charge in [-0.3, -0.25) is 9.80 Å². The van der Waals surface area contributed by atoms with Crippen LogP contribution in [0.5, 0.6) is 0 Å². The van der Waals surface area contributed by atoms with Crippen LogP contribution in [0.2, 0.25) is 0 Å². The second-order valence-corrected chi connectivity index (χ2v) is 5.04. The van der Waals surface area contributed by atoms with Crippen LogP contribution < -0.4 is 0 Å². The van der Waals surface area contributed by atoms with Crippen LogP contribution in [0.15, 0.2) is 0 Å². The van der Waals surface area contributed by atoms with Gasteiger partial charge in [-0.05, 0) is 33.2 Å². The lowest BCUT2D eigenvalue weighted by atomic mass is 10.2. The van der Waals surface area contributed by atoms with Crippen molar-refractivity contribution in [3.63, 3.8) is 0 Å². The highest BCUT2D eigenvalue weighted by Gasteiger charge is 2.28. The van der Waals surface area contributed by atoms with Gasteiger partial charge in [-0.15, -0.1) is 0 Å². The molecule has 0 spiro atoms. The van der Waals surface area contributed by atoms with Gasteiger partial charge in [0.1, 0.15) is 0 Å². The van der Waals surface area contributed by atoms with Crippen molar-refractivity contribution >= 4 is 0 Å². The van der Waals surface area contributed by atoms with E-state index in [4.69, 9.17) is 4.74 Å². The highest BCUT2D eigenvalue weighted by molar-refractivity contribution is 4.84. The summed E-state index contributed by atoms with van der Waals surface area (Å²) < 4.78 is 5.38. The van der Waals surface area contributed by atoms with Gasteiger partial charge in [0.15, 0.2) is 0 Å². The van der Waals surface area contributed by atoms with Gasteiger partial charge in [-0.25, -0.2) is 0 Å². The van der Waals surface area contributed by atoms with Crippen LogP contribution in [0, 0.1) is 0 Å². The number of ether oxygens (including phenoxy) is 1. The molecular formula is C12H24N2O. The van der Waals surface area contributed by atoms with Crippen molar-refractivity contribution in [2.24, 2.45) is 0 Å². The highest BCUT2D eigenvalue weighted by Crippen LogP contribution is 2.21. The number of rotatable bonds is 3. The van der Waals surface area contributed by atoms with E-state index in [1.165, 1.54) is 25.9 Å². The van der Waals surface area contributed by atoms with Crippen LogP contribution in [-0.2, 0) is 4.74 Å². The molecule has 2 aliphatic rings. The molecule has 3 nitrogen and oxygen atoms in total. The van der Waals surface area contributed by atoms with E-state index in [2.05, 4.69) is 23.6 Å². The highest BCUT2D eigenvalue weighted by atomic mass is 16.5. The predicted molar refractivity (Wildman–Crippen MR) is 62.1 cm³/mol. The Balaban J connectivity index is 1.81. The molecule has 0 amide bonds. The minimum Gasteiger partial charge on any atom is -0.379 e. The summed E-state index contributed by atoms with van der Waals surface area (Å²) in [5, 5.41) is 0. The first-order valence-corrected chi connectivity index (χ1v) is 6.33. The third kappa shape index (κ3) is 2.92. The molecule has 3 heteroatoms. The maximum Gasteiger partial charge on any atom is 0.0594 e. The van der Waals surface area contributed by atoms with Crippen LogP contribution in [0.3, 0.4) is 0 Å². The summed E-state index contributed by atoms with van der Waals surface area (Å²) in [5.41, 5.74) is 0. The minimum atomic E-state index is 0.707. The minimum absolute atomic E-state index is 0.707. The fourth-order valence-electron chi connectivity index (χ4n) is 2.82. The zero-order chi connectivity index (χ0) is 10.7. The van der Waals surface area contributed by atoms with Crippen LogP contribution in [0.25, 0.3) is 0 Å². The van der Waals surface area contributed by atoms with Crippen molar-refractivity contribution in [3.05, 3.63) is 0 Å². The molecule has 0 aromatic carbocycles. The van der Waals surface area contributed by atoms with Crippen LogP contribution in [0.4, 0.5) is 0 Å². The third-order valence-electron chi connectivity index (χ3n) is 3.66. The van der Waals surface area contributed by atoms with Crippen LogP contribution >= 0.6 is 0 Å². The Hall–Kier alpha value is -0.120. The summed E-state index contributed by atoms with van der Waals surface area (Å²) in [5.74, 6) is 0. The van der Waals surface area contributed by atoms with E-state index in [1.807, 2.05) is 0 Å². The topological polar surface area (TPSA) is 15.7 Å². The zero-order valence-electron chi connectivity index (χ0n) is 10.1. The van der Waals surface area contributed by atoms with E-state index in [0.717, 1.165) is 32.3 Å². The standard InChI is InChI=1S/C12H24N2O/c1-11(2)14-5-3-4-12(14)10-13-6-8-15-9-7-13/h11-12H,3-10H2,1-2H3.